The molecule has 4 aromatic carbocycles. The molecule has 8 heteroatoms. The number of amidine groups is 1. The molecule has 0 atom stereocenters. The Labute approximate surface area is 219 Å². The smallest absolute Gasteiger partial charge is 0.294 e. The topological polar surface area (TPSA) is 79.0 Å². The third kappa shape index (κ3) is 6.87. The van der Waals surface area contributed by atoms with Gasteiger partial charge in [-0.1, -0.05) is 77.5 Å². The number of phenolic OH excluding ortho intramolecular Hbond substituents is 1. The van der Waals surface area contributed by atoms with Crippen molar-refractivity contribution in [2.45, 2.75) is 24.9 Å². The average molecular weight is 518 g/mol. The Kier molecular flexibility index (Phi) is 8.25. The molecule has 182 valence electrons. The molecule has 0 heterocycles. The molecule has 0 amide bonds. The summed E-state index contributed by atoms with van der Waals surface area (Å²) in [6.07, 6.45) is 0. The van der Waals surface area contributed by atoms with Crippen LogP contribution in [0.15, 0.2) is 107 Å². The number of hydrogen-bond acceptors (Lipinski definition) is 5. The molecule has 0 aromatic heterocycles. The minimum Gasteiger partial charge on any atom is -0.508 e. The van der Waals surface area contributed by atoms with E-state index in [2.05, 4.69) is 4.90 Å². The minimum atomic E-state index is -0.422. The zero-order chi connectivity index (χ0) is 25.5. The maximum Gasteiger partial charge on any atom is 0.294 e. The fourth-order valence-electron chi connectivity index (χ4n) is 3.55. The number of benzene rings is 4. The van der Waals surface area contributed by atoms with Gasteiger partial charge in [-0.15, -0.1) is 0 Å². The van der Waals surface area contributed by atoms with Crippen LogP contribution in [0, 0.1) is 17.0 Å². The van der Waals surface area contributed by atoms with E-state index in [1.165, 1.54) is 17.8 Å². The van der Waals surface area contributed by atoms with E-state index in [1.807, 2.05) is 67.6 Å². The van der Waals surface area contributed by atoms with Gasteiger partial charge in [0.25, 0.3) is 5.69 Å². The Balaban J connectivity index is 1.81. The highest BCUT2D eigenvalue weighted by molar-refractivity contribution is 8.13. The van der Waals surface area contributed by atoms with E-state index in [-0.39, 0.29) is 17.1 Å². The second-order valence-electron chi connectivity index (χ2n) is 8.21. The molecule has 4 aromatic rings. The summed E-state index contributed by atoms with van der Waals surface area (Å²) < 4.78 is 0. The van der Waals surface area contributed by atoms with Gasteiger partial charge in [-0.05, 0) is 60.5 Å². The Bertz CT molecular complexity index is 1380. The molecule has 0 aliphatic carbocycles. The maximum absolute atomic E-state index is 11.7. The van der Waals surface area contributed by atoms with Crippen molar-refractivity contribution in [3.05, 3.63) is 129 Å². The van der Waals surface area contributed by atoms with E-state index in [1.54, 1.807) is 30.3 Å². The van der Waals surface area contributed by atoms with Crippen molar-refractivity contribution in [3.63, 3.8) is 0 Å². The number of halogens is 1. The number of nitro benzene ring substituents is 1. The van der Waals surface area contributed by atoms with Crippen molar-refractivity contribution < 1.29 is 10.0 Å². The van der Waals surface area contributed by atoms with Gasteiger partial charge in [-0.3, -0.25) is 10.1 Å². The van der Waals surface area contributed by atoms with E-state index in [4.69, 9.17) is 16.6 Å². The first-order valence-corrected chi connectivity index (χ1v) is 12.4. The zero-order valence-electron chi connectivity index (χ0n) is 19.5. The molecule has 0 spiro atoms. The molecule has 0 aliphatic rings. The summed E-state index contributed by atoms with van der Waals surface area (Å²) in [5, 5.41) is 22.7. The number of thioether (sulfide) groups is 1. The molecule has 1 N–H and O–H groups in total. The SMILES string of the molecule is Cc1ccc(SC(=Nc2ccccc2[N+](=O)[O-])N(Cc2ccc(O)cc2)Cc2cccc(Cl)c2)cc1. The summed E-state index contributed by atoms with van der Waals surface area (Å²) in [7, 11) is 0. The summed E-state index contributed by atoms with van der Waals surface area (Å²) in [5.41, 5.74) is 3.28. The van der Waals surface area contributed by atoms with Gasteiger partial charge >= 0.3 is 0 Å². The summed E-state index contributed by atoms with van der Waals surface area (Å²) in [6.45, 7) is 2.96. The Morgan fingerprint density at radius 3 is 2.33 bits per heavy atom. The second-order valence-corrected chi connectivity index (χ2v) is 9.68. The molecule has 0 bridgehead atoms. The van der Waals surface area contributed by atoms with Crippen molar-refractivity contribution in [3.8, 4) is 5.75 Å². The molecule has 6 nitrogen and oxygen atoms in total. The van der Waals surface area contributed by atoms with Crippen molar-refractivity contribution >= 4 is 39.9 Å². The molecule has 0 radical (unpaired) electrons. The van der Waals surface area contributed by atoms with Crippen LogP contribution in [0.25, 0.3) is 0 Å². The molecule has 0 fully saturated rings. The third-order valence-corrected chi connectivity index (χ3v) is 6.64. The summed E-state index contributed by atoms with van der Waals surface area (Å²) >= 11 is 7.70. The van der Waals surface area contributed by atoms with Crippen LogP contribution in [-0.2, 0) is 13.1 Å². The van der Waals surface area contributed by atoms with Crippen molar-refractivity contribution in [2.75, 3.05) is 0 Å². The third-order valence-electron chi connectivity index (χ3n) is 5.37. The van der Waals surface area contributed by atoms with Gasteiger partial charge in [0.15, 0.2) is 5.17 Å². The first kappa shape index (κ1) is 25.3. The van der Waals surface area contributed by atoms with Crippen LogP contribution in [0.1, 0.15) is 16.7 Å². The van der Waals surface area contributed by atoms with E-state index in [9.17, 15) is 15.2 Å². The molecule has 0 saturated carbocycles. The highest BCUT2D eigenvalue weighted by Gasteiger charge is 2.19. The highest BCUT2D eigenvalue weighted by atomic mass is 35.5. The zero-order valence-corrected chi connectivity index (χ0v) is 21.1. The number of phenols is 1. The Hall–Kier alpha value is -3.81. The molecule has 4 rings (SSSR count). The van der Waals surface area contributed by atoms with Gasteiger partial charge < -0.3 is 10.0 Å². The van der Waals surface area contributed by atoms with Gasteiger partial charge in [0.05, 0.1) is 4.92 Å². The van der Waals surface area contributed by atoms with Gasteiger partial charge in [-0.25, -0.2) is 4.99 Å². The van der Waals surface area contributed by atoms with E-state index < -0.39 is 4.92 Å². The molecular weight excluding hydrogens is 494 g/mol. The quantitative estimate of drug-likeness (QED) is 0.0891. The van der Waals surface area contributed by atoms with E-state index in [0.29, 0.717) is 23.3 Å². The normalized spacial score (nSPS) is 11.3. The molecule has 0 aliphatic heterocycles. The van der Waals surface area contributed by atoms with Crippen molar-refractivity contribution in [1.29, 1.82) is 0 Å². The summed E-state index contributed by atoms with van der Waals surface area (Å²) in [4.78, 5) is 19.1. The maximum atomic E-state index is 11.7. The van der Waals surface area contributed by atoms with Crippen LogP contribution in [0.3, 0.4) is 0 Å². The largest absolute Gasteiger partial charge is 0.508 e. The van der Waals surface area contributed by atoms with Crippen LogP contribution >= 0.6 is 23.4 Å². The average Bonchev–Trinajstić information content (AvgIpc) is 2.86. The van der Waals surface area contributed by atoms with Crippen LogP contribution < -0.4 is 0 Å². The van der Waals surface area contributed by atoms with Crippen molar-refractivity contribution in [1.82, 2.24) is 4.90 Å². The number of aryl methyl sites for hydroxylation is 1. The predicted octanol–water partition coefficient (Wildman–Crippen LogP) is 7.74. The van der Waals surface area contributed by atoms with E-state index in [0.717, 1.165) is 21.6 Å². The lowest BCUT2D eigenvalue weighted by atomic mass is 10.1. The van der Waals surface area contributed by atoms with Crippen LogP contribution in [0.4, 0.5) is 11.4 Å². The Morgan fingerprint density at radius 1 is 0.944 bits per heavy atom. The summed E-state index contributed by atoms with van der Waals surface area (Å²) in [6, 6.07) is 29.1. The van der Waals surface area contributed by atoms with Crippen LogP contribution in [0.2, 0.25) is 5.02 Å². The van der Waals surface area contributed by atoms with Crippen LogP contribution in [0.5, 0.6) is 5.75 Å². The fraction of sp³-hybridized carbons (Fsp3) is 0.107. The molecule has 0 saturated heterocycles. The molecule has 36 heavy (non-hydrogen) atoms. The number of nitrogens with zero attached hydrogens (tertiary/aromatic N) is 3. The first-order valence-electron chi connectivity index (χ1n) is 11.2. The number of rotatable bonds is 7. The van der Waals surface area contributed by atoms with E-state index >= 15 is 0 Å². The predicted molar refractivity (Wildman–Crippen MR) is 146 cm³/mol. The minimum absolute atomic E-state index is 0.0631. The number of aliphatic imine (C=N–C) groups is 1. The van der Waals surface area contributed by atoms with Gasteiger partial charge in [-0.2, -0.15) is 0 Å². The van der Waals surface area contributed by atoms with Crippen LogP contribution in [-0.4, -0.2) is 20.1 Å². The number of nitro groups is 1. The highest BCUT2D eigenvalue weighted by Crippen LogP contribution is 2.32. The fourth-order valence-corrected chi connectivity index (χ4v) is 4.65. The second kappa shape index (κ2) is 11.7. The van der Waals surface area contributed by atoms with Crippen molar-refractivity contribution in [2.24, 2.45) is 4.99 Å². The monoisotopic (exact) mass is 517 g/mol. The lowest BCUT2D eigenvalue weighted by Crippen LogP contribution is -2.28. The standard InChI is InChI=1S/C28H24ClN3O3S/c1-20-9-15-25(16-10-20)36-28(30-26-7-2-3-8-27(26)32(34)35)31(18-21-11-13-24(33)14-12-21)19-22-5-4-6-23(29)17-22/h2-17,33H,18-19H2,1H3. The Morgan fingerprint density at radius 2 is 1.64 bits per heavy atom. The lowest BCUT2D eigenvalue weighted by Gasteiger charge is -2.26. The lowest BCUT2D eigenvalue weighted by molar-refractivity contribution is -0.384. The summed E-state index contributed by atoms with van der Waals surface area (Å²) in [5.74, 6) is 0.183. The molecular formula is C28H24ClN3O3S. The number of para-hydroxylation sites is 2. The number of aromatic hydroxyl groups is 1. The molecule has 0 unspecified atom stereocenters. The first-order chi connectivity index (χ1) is 17.4. The number of hydrogen-bond donors (Lipinski definition) is 1. The van der Waals surface area contributed by atoms with Gasteiger partial charge in [0.2, 0.25) is 0 Å². The van der Waals surface area contributed by atoms with Gasteiger partial charge in [0, 0.05) is 29.1 Å². The van der Waals surface area contributed by atoms with Gasteiger partial charge in [0.1, 0.15) is 11.4 Å².